The van der Waals surface area contributed by atoms with Gasteiger partial charge < -0.3 is 4.90 Å². The van der Waals surface area contributed by atoms with Gasteiger partial charge >= 0.3 is 0 Å². The molecule has 0 saturated carbocycles. The van der Waals surface area contributed by atoms with Crippen molar-refractivity contribution in [3.8, 4) is 0 Å². The van der Waals surface area contributed by atoms with E-state index in [1.807, 2.05) is 17.0 Å². The Balaban J connectivity index is 1.32. The van der Waals surface area contributed by atoms with E-state index < -0.39 is 11.6 Å². The summed E-state index contributed by atoms with van der Waals surface area (Å²) in [6.45, 7) is 4.09. The molecule has 2 saturated heterocycles. The summed E-state index contributed by atoms with van der Waals surface area (Å²) in [5.74, 6) is -1.38. The van der Waals surface area contributed by atoms with Gasteiger partial charge in [0.1, 0.15) is 0 Å². The van der Waals surface area contributed by atoms with E-state index in [-0.39, 0.29) is 11.3 Å². The average Bonchev–Trinajstić information content (AvgIpc) is 3.13. The van der Waals surface area contributed by atoms with Crippen molar-refractivity contribution in [1.82, 2.24) is 14.8 Å². The smallest absolute Gasteiger partial charge is 0.222 e. The summed E-state index contributed by atoms with van der Waals surface area (Å²) in [6, 6.07) is 8.05. The van der Waals surface area contributed by atoms with Crippen molar-refractivity contribution in [3.05, 3.63) is 65.5 Å². The minimum absolute atomic E-state index is 0.128. The summed E-state index contributed by atoms with van der Waals surface area (Å²) in [5, 5.41) is 0. The number of carbonyl (C=O) groups is 1. The van der Waals surface area contributed by atoms with E-state index in [1.54, 1.807) is 18.5 Å². The summed E-state index contributed by atoms with van der Waals surface area (Å²) in [7, 11) is 0. The van der Waals surface area contributed by atoms with Gasteiger partial charge in [0, 0.05) is 50.4 Å². The lowest BCUT2D eigenvalue weighted by Gasteiger charge is -2.40. The lowest BCUT2D eigenvalue weighted by Crippen LogP contribution is -2.45. The average molecular weight is 399 g/mol. The van der Waals surface area contributed by atoms with Crippen LogP contribution in [-0.2, 0) is 17.8 Å². The van der Waals surface area contributed by atoms with Gasteiger partial charge in [-0.3, -0.25) is 14.7 Å². The molecule has 1 aromatic carbocycles. The Kier molecular flexibility index (Phi) is 5.90. The maximum atomic E-state index is 13.5. The normalized spacial score (nSPS) is 22.3. The molecule has 0 aliphatic carbocycles. The number of hydrogen-bond acceptors (Lipinski definition) is 3. The molecule has 2 aromatic rings. The number of halogens is 2. The molecular weight excluding hydrogens is 372 g/mol. The van der Waals surface area contributed by atoms with Crippen molar-refractivity contribution in [2.24, 2.45) is 5.41 Å². The zero-order chi connectivity index (χ0) is 20.3. The van der Waals surface area contributed by atoms with Crippen LogP contribution in [0, 0.1) is 17.0 Å². The molecule has 154 valence electrons. The summed E-state index contributed by atoms with van der Waals surface area (Å²) >= 11 is 0. The SMILES string of the molecule is O=C(CCc1ccncc1)N1CCC2(CCCN(Cc3ccc(F)c(F)c3)C2)C1. The fraction of sp³-hybridized carbons (Fsp3) is 0.478. The summed E-state index contributed by atoms with van der Waals surface area (Å²) in [4.78, 5) is 21.1. The highest BCUT2D eigenvalue weighted by Crippen LogP contribution is 2.39. The Morgan fingerprint density at radius 1 is 1.00 bits per heavy atom. The molecule has 29 heavy (non-hydrogen) atoms. The molecule has 1 atom stereocenters. The first-order chi connectivity index (χ1) is 14.0. The number of aryl methyl sites for hydroxylation is 1. The van der Waals surface area contributed by atoms with E-state index >= 15 is 0 Å². The third-order valence-corrected chi connectivity index (χ3v) is 6.30. The Morgan fingerprint density at radius 3 is 2.62 bits per heavy atom. The molecule has 2 aliphatic heterocycles. The van der Waals surface area contributed by atoms with Gasteiger partial charge in [0.05, 0.1) is 0 Å². The maximum absolute atomic E-state index is 13.5. The van der Waals surface area contributed by atoms with Gasteiger partial charge in [0.2, 0.25) is 5.91 Å². The van der Waals surface area contributed by atoms with Crippen LogP contribution in [0.2, 0.25) is 0 Å². The summed E-state index contributed by atoms with van der Waals surface area (Å²) in [5.41, 5.74) is 2.06. The van der Waals surface area contributed by atoms with Crippen molar-refractivity contribution < 1.29 is 13.6 Å². The van der Waals surface area contributed by atoms with E-state index in [4.69, 9.17) is 0 Å². The Labute approximate surface area is 170 Å². The van der Waals surface area contributed by atoms with Crippen molar-refractivity contribution in [1.29, 1.82) is 0 Å². The lowest BCUT2D eigenvalue weighted by atomic mass is 9.79. The molecular formula is C23H27F2N3O. The van der Waals surface area contributed by atoms with Crippen LogP contribution in [0.1, 0.15) is 36.8 Å². The number of benzene rings is 1. The molecule has 4 rings (SSSR count). The Hall–Kier alpha value is -2.34. The van der Waals surface area contributed by atoms with Crippen molar-refractivity contribution in [2.75, 3.05) is 26.2 Å². The molecule has 0 bridgehead atoms. The molecule has 6 heteroatoms. The van der Waals surface area contributed by atoms with Crippen molar-refractivity contribution in [3.63, 3.8) is 0 Å². The number of pyridine rings is 1. The van der Waals surface area contributed by atoms with Gasteiger partial charge in [-0.1, -0.05) is 6.07 Å². The van der Waals surface area contributed by atoms with Gasteiger partial charge in [-0.05, 0) is 67.6 Å². The second-order valence-corrected chi connectivity index (χ2v) is 8.48. The first-order valence-electron chi connectivity index (χ1n) is 10.4. The topological polar surface area (TPSA) is 36.4 Å². The lowest BCUT2D eigenvalue weighted by molar-refractivity contribution is -0.130. The fourth-order valence-corrected chi connectivity index (χ4v) is 4.78. The van der Waals surface area contributed by atoms with Crippen LogP contribution < -0.4 is 0 Å². The van der Waals surface area contributed by atoms with Gasteiger partial charge in [-0.15, -0.1) is 0 Å². The minimum Gasteiger partial charge on any atom is -0.342 e. The van der Waals surface area contributed by atoms with Crippen molar-refractivity contribution >= 4 is 5.91 Å². The van der Waals surface area contributed by atoms with Crippen LogP contribution in [0.25, 0.3) is 0 Å². The van der Waals surface area contributed by atoms with Crippen LogP contribution in [-0.4, -0.2) is 46.9 Å². The monoisotopic (exact) mass is 399 g/mol. The fourth-order valence-electron chi connectivity index (χ4n) is 4.78. The second-order valence-electron chi connectivity index (χ2n) is 8.48. The minimum atomic E-state index is -0.805. The number of nitrogens with zero attached hydrogens (tertiary/aromatic N) is 3. The molecule has 1 spiro atoms. The van der Waals surface area contributed by atoms with Crippen LogP contribution in [0.5, 0.6) is 0 Å². The second kappa shape index (κ2) is 8.57. The van der Waals surface area contributed by atoms with Gasteiger partial charge in [-0.25, -0.2) is 8.78 Å². The standard InChI is InChI=1S/C23H27F2N3O/c24-20-4-2-19(14-21(20)25)15-27-12-1-8-23(16-27)9-13-28(17-23)22(29)5-3-18-6-10-26-11-7-18/h2,4,6-7,10-11,14H,1,3,5,8-9,12-13,15-17H2. The first kappa shape index (κ1) is 20.0. The van der Waals surface area contributed by atoms with E-state index in [0.717, 1.165) is 63.0 Å². The molecule has 0 N–H and O–H groups in total. The molecule has 3 heterocycles. The number of piperidine rings is 1. The Bertz CT molecular complexity index is 860. The van der Waals surface area contributed by atoms with E-state index in [0.29, 0.717) is 13.0 Å². The van der Waals surface area contributed by atoms with Gasteiger partial charge in [0.15, 0.2) is 11.6 Å². The first-order valence-corrected chi connectivity index (χ1v) is 10.4. The van der Waals surface area contributed by atoms with E-state index in [9.17, 15) is 13.6 Å². The van der Waals surface area contributed by atoms with Gasteiger partial charge in [0.25, 0.3) is 0 Å². The zero-order valence-corrected chi connectivity index (χ0v) is 16.6. The number of amides is 1. The number of aromatic nitrogens is 1. The molecule has 2 fully saturated rings. The highest BCUT2D eigenvalue weighted by Gasteiger charge is 2.42. The third kappa shape index (κ3) is 4.81. The number of hydrogen-bond donors (Lipinski definition) is 0. The predicted octanol–water partition coefficient (Wildman–Crippen LogP) is 3.81. The van der Waals surface area contributed by atoms with Crippen LogP contribution >= 0.6 is 0 Å². The summed E-state index contributed by atoms with van der Waals surface area (Å²) in [6.07, 6.45) is 7.99. The largest absolute Gasteiger partial charge is 0.342 e. The summed E-state index contributed by atoms with van der Waals surface area (Å²) < 4.78 is 26.7. The number of rotatable bonds is 5. The molecule has 1 amide bonds. The molecule has 1 unspecified atom stereocenters. The third-order valence-electron chi connectivity index (χ3n) is 6.30. The molecule has 2 aliphatic rings. The van der Waals surface area contributed by atoms with Crippen molar-refractivity contribution in [2.45, 2.75) is 38.6 Å². The van der Waals surface area contributed by atoms with E-state index in [1.165, 1.54) is 12.1 Å². The van der Waals surface area contributed by atoms with Crippen LogP contribution in [0.15, 0.2) is 42.7 Å². The zero-order valence-electron chi connectivity index (χ0n) is 16.6. The highest BCUT2D eigenvalue weighted by molar-refractivity contribution is 5.76. The van der Waals surface area contributed by atoms with E-state index in [2.05, 4.69) is 9.88 Å². The van der Waals surface area contributed by atoms with Crippen LogP contribution in [0.3, 0.4) is 0 Å². The molecule has 1 aromatic heterocycles. The molecule has 0 radical (unpaired) electrons. The number of carbonyl (C=O) groups excluding carboxylic acids is 1. The molecule has 4 nitrogen and oxygen atoms in total. The Morgan fingerprint density at radius 2 is 1.83 bits per heavy atom. The number of likely N-dealkylation sites (tertiary alicyclic amines) is 2. The van der Waals surface area contributed by atoms with Gasteiger partial charge in [-0.2, -0.15) is 0 Å². The highest BCUT2D eigenvalue weighted by atomic mass is 19.2. The quantitative estimate of drug-likeness (QED) is 0.767. The predicted molar refractivity (Wildman–Crippen MR) is 107 cm³/mol. The maximum Gasteiger partial charge on any atom is 0.222 e. The van der Waals surface area contributed by atoms with Crippen LogP contribution in [0.4, 0.5) is 8.78 Å².